The maximum absolute atomic E-state index is 12.9. The molecule has 2 heterocycles. The van der Waals surface area contributed by atoms with Gasteiger partial charge < -0.3 is 26.3 Å². The Bertz CT molecular complexity index is 1200. The van der Waals surface area contributed by atoms with Crippen LogP contribution in [0.1, 0.15) is 54.6 Å². The molecule has 9 nitrogen and oxygen atoms in total. The SMILES string of the molecule is C=CC(=O)N1CC[C@@H](NC(=O)c2c(Cl)nc(CN=C(N)c3cc(C(C)(C)C)c(Cl)cc3N)n2C)C1. The van der Waals surface area contributed by atoms with Crippen molar-refractivity contribution in [2.75, 3.05) is 18.8 Å². The summed E-state index contributed by atoms with van der Waals surface area (Å²) < 4.78 is 1.59. The highest BCUT2D eigenvalue weighted by Crippen LogP contribution is 2.33. The maximum atomic E-state index is 12.9. The van der Waals surface area contributed by atoms with Gasteiger partial charge in [0.1, 0.15) is 17.4 Å². The van der Waals surface area contributed by atoms with Gasteiger partial charge in [-0.15, -0.1) is 0 Å². The van der Waals surface area contributed by atoms with Gasteiger partial charge in [-0.25, -0.2) is 4.98 Å². The zero-order valence-electron chi connectivity index (χ0n) is 20.4. The number of likely N-dealkylation sites (tertiary alicyclic amines) is 1. The number of amides is 2. The molecular weight excluding hydrogens is 489 g/mol. The minimum Gasteiger partial charge on any atom is -0.398 e. The number of amidine groups is 1. The molecule has 1 aromatic heterocycles. The summed E-state index contributed by atoms with van der Waals surface area (Å²) in [5.74, 6) is 0.158. The molecule has 35 heavy (non-hydrogen) atoms. The Morgan fingerprint density at radius 2 is 2.03 bits per heavy atom. The van der Waals surface area contributed by atoms with E-state index in [0.29, 0.717) is 41.6 Å². The molecule has 5 N–H and O–H groups in total. The lowest BCUT2D eigenvalue weighted by atomic mass is 9.85. The summed E-state index contributed by atoms with van der Waals surface area (Å²) in [6.07, 6.45) is 1.91. The zero-order chi connectivity index (χ0) is 26.1. The van der Waals surface area contributed by atoms with Crippen LogP contribution in [0, 0.1) is 0 Å². The smallest absolute Gasteiger partial charge is 0.271 e. The van der Waals surface area contributed by atoms with Crippen LogP contribution in [0.3, 0.4) is 0 Å². The number of nitrogens with one attached hydrogen (secondary N) is 1. The molecule has 0 saturated carbocycles. The normalized spacial score (nSPS) is 16.5. The number of benzene rings is 1. The third-order valence-corrected chi connectivity index (χ3v) is 6.56. The van der Waals surface area contributed by atoms with Gasteiger partial charge in [-0.05, 0) is 35.6 Å². The van der Waals surface area contributed by atoms with E-state index in [1.54, 1.807) is 22.6 Å². The van der Waals surface area contributed by atoms with Gasteiger partial charge in [0.2, 0.25) is 5.91 Å². The predicted octanol–water partition coefficient (Wildman–Crippen LogP) is 3.03. The lowest BCUT2D eigenvalue weighted by Gasteiger charge is -2.22. The molecule has 1 saturated heterocycles. The minimum atomic E-state index is -0.372. The Hall–Kier alpha value is -3.04. The van der Waals surface area contributed by atoms with E-state index in [2.05, 4.69) is 21.9 Å². The number of nitrogens with two attached hydrogens (primary N) is 2. The van der Waals surface area contributed by atoms with Crippen LogP contribution in [0.2, 0.25) is 10.2 Å². The number of carbonyl (C=O) groups is 2. The van der Waals surface area contributed by atoms with Crippen LogP contribution in [0.5, 0.6) is 0 Å². The quantitative estimate of drug-likeness (QED) is 0.233. The first-order valence-corrected chi connectivity index (χ1v) is 11.9. The molecule has 0 radical (unpaired) electrons. The van der Waals surface area contributed by atoms with Gasteiger partial charge in [-0.3, -0.25) is 14.6 Å². The number of anilines is 1. The predicted molar refractivity (Wildman–Crippen MR) is 140 cm³/mol. The van der Waals surface area contributed by atoms with E-state index in [1.165, 1.54) is 6.08 Å². The number of hydrogen-bond donors (Lipinski definition) is 3. The van der Waals surface area contributed by atoms with Crippen molar-refractivity contribution in [2.24, 2.45) is 17.8 Å². The molecule has 3 rings (SSSR count). The topological polar surface area (TPSA) is 132 Å². The second-order valence-corrected chi connectivity index (χ2v) is 10.3. The van der Waals surface area contributed by atoms with Crippen LogP contribution < -0.4 is 16.8 Å². The van der Waals surface area contributed by atoms with Crippen molar-refractivity contribution < 1.29 is 9.59 Å². The number of nitrogens with zero attached hydrogens (tertiary/aromatic N) is 4. The van der Waals surface area contributed by atoms with Crippen LogP contribution in [0.4, 0.5) is 5.69 Å². The molecule has 1 aliphatic rings. The Morgan fingerprint density at radius 1 is 1.34 bits per heavy atom. The van der Waals surface area contributed by atoms with E-state index in [-0.39, 0.29) is 46.5 Å². The van der Waals surface area contributed by atoms with Gasteiger partial charge in [0.15, 0.2) is 5.15 Å². The fourth-order valence-electron chi connectivity index (χ4n) is 3.98. The first-order chi connectivity index (χ1) is 16.3. The van der Waals surface area contributed by atoms with Crippen LogP contribution in [-0.4, -0.2) is 51.2 Å². The summed E-state index contributed by atoms with van der Waals surface area (Å²) >= 11 is 12.7. The fraction of sp³-hybridized carbons (Fsp3) is 0.417. The molecule has 0 spiro atoms. The molecule has 1 aliphatic heterocycles. The van der Waals surface area contributed by atoms with Gasteiger partial charge in [0, 0.05) is 42.5 Å². The number of imidazole rings is 1. The van der Waals surface area contributed by atoms with E-state index in [0.717, 1.165) is 5.56 Å². The molecule has 1 atom stereocenters. The van der Waals surface area contributed by atoms with Crippen molar-refractivity contribution in [3.8, 4) is 0 Å². The van der Waals surface area contributed by atoms with E-state index >= 15 is 0 Å². The highest BCUT2D eigenvalue weighted by Gasteiger charge is 2.28. The number of nitrogen functional groups attached to an aromatic ring is 1. The van der Waals surface area contributed by atoms with Crippen molar-refractivity contribution >= 4 is 46.5 Å². The summed E-state index contributed by atoms with van der Waals surface area (Å²) in [4.78, 5) is 35.1. The Balaban J connectivity index is 1.77. The maximum Gasteiger partial charge on any atom is 0.271 e. The van der Waals surface area contributed by atoms with Gasteiger partial charge in [-0.1, -0.05) is 50.6 Å². The minimum absolute atomic E-state index is 0.0619. The highest BCUT2D eigenvalue weighted by atomic mass is 35.5. The van der Waals surface area contributed by atoms with E-state index in [1.807, 2.05) is 26.8 Å². The van der Waals surface area contributed by atoms with Crippen LogP contribution in [0.15, 0.2) is 29.8 Å². The van der Waals surface area contributed by atoms with Crippen LogP contribution >= 0.6 is 23.2 Å². The number of hydrogen-bond acceptors (Lipinski definition) is 5. The molecule has 11 heteroatoms. The second-order valence-electron chi connectivity index (χ2n) is 9.54. The number of rotatable bonds is 6. The van der Waals surface area contributed by atoms with Crippen LogP contribution in [-0.2, 0) is 23.8 Å². The molecule has 188 valence electrons. The Morgan fingerprint density at radius 3 is 2.66 bits per heavy atom. The first-order valence-electron chi connectivity index (χ1n) is 11.2. The summed E-state index contributed by atoms with van der Waals surface area (Å²) in [6.45, 7) is 10.7. The molecule has 2 aromatic rings. The van der Waals surface area contributed by atoms with Gasteiger partial charge >= 0.3 is 0 Å². The Kier molecular flexibility index (Phi) is 7.81. The third-order valence-electron chi connectivity index (χ3n) is 5.98. The van der Waals surface area contributed by atoms with Crippen molar-refractivity contribution in [3.63, 3.8) is 0 Å². The summed E-state index contributed by atoms with van der Waals surface area (Å²) in [5.41, 5.74) is 14.3. The molecule has 0 unspecified atom stereocenters. The van der Waals surface area contributed by atoms with Gasteiger partial charge in [0.05, 0.1) is 6.54 Å². The zero-order valence-corrected chi connectivity index (χ0v) is 21.9. The van der Waals surface area contributed by atoms with Crippen molar-refractivity contribution in [2.45, 2.75) is 45.2 Å². The number of aliphatic imine (C=N–C) groups is 1. The largest absolute Gasteiger partial charge is 0.398 e. The molecule has 0 bridgehead atoms. The van der Waals surface area contributed by atoms with E-state index < -0.39 is 0 Å². The molecular formula is C24H31Cl2N7O2. The van der Waals surface area contributed by atoms with Gasteiger partial charge in [0.25, 0.3) is 5.91 Å². The lowest BCUT2D eigenvalue weighted by Crippen LogP contribution is -2.39. The second kappa shape index (κ2) is 10.3. The van der Waals surface area contributed by atoms with E-state index in [4.69, 9.17) is 34.7 Å². The third kappa shape index (κ3) is 5.79. The molecule has 1 aromatic carbocycles. The standard InChI is InChI=1S/C24H31Cl2N7O2/c1-6-19(34)33-8-7-13(12-33)30-23(35)20-21(26)31-18(32(20)5)11-29-22(28)14-9-15(24(2,3)4)16(25)10-17(14)27/h6,9-10,13H,1,7-8,11-12,27H2,2-5H3,(H2,28,29)(H,30,35)/t13-/m1/s1. The number of halogens is 2. The van der Waals surface area contributed by atoms with Crippen molar-refractivity contribution in [3.05, 3.63) is 57.6 Å². The van der Waals surface area contributed by atoms with Crippen molar-refractivity contribution in [1.82, 2.24) is 19.8 Å². The highest BCUT2D eigenvalue weighted by molar-refractivity contribution is 6.32. The average molecular weight is 520 g/mol. The monoisotopic (exact) mass is 519 g/mol. The average Bonchev–Trinajstić information content (AvgIpc) is 3.34. The summed E-state index contributed by atoms with van der Waals surface area (Å²) in [7, 11) is 1.69. The fourth-order valence-corrected chi connectivity index (χ4v) is 4.75. The Labute approximate surface area is 215 Å². The van der Waals surface area contributed by atoms with E-state index in [9.17, 15) is 9.59 Å². The molecule has 2 amide bonds. The van der Waals surface area contributed by atoms with Gasteiger partial charge in [-0.2, -0.15) is 0 Å². The summed E-state index contributed by atoms with van der Waals surface area (Å²) in [5, 5.41) is 3.55. The molecule has 0 aliphatic carbocycles. The lowest BCUT2D eigenvalue weighted by molar-refractivity contribution is -0.125. The number of carbonyl (C=O) groups excluding carboxylic acids is 2. The summed E-state index contributed by atoms with van der Waals surface area (Å²) in [6, 6.07) is 3.34. The first kappa shape index (κ1) is 26.6. The number of aromatic nitrogens is 2. The van der Waals surface area contributed by atoms with Crippen LogP contribution in [0.25, 0.3) is 0 Å². The molecule has 1 fully saturated rings. The van der Waals surface area contributed by atoms with Crippen molar-refractivity contribution in [1.29, 1.82) is 0 Å².